The highest BCUT2D eigenvalue weighted by molar-refractivity contribution is 4.70. The average molecular weight is 274 g/mol. The predicted octanol–water partition coefficient (Wildman–Crippen LogP) is 4.28. The van der Waals surface area contributed by atoms with Crippen molar-refractivity contribution in [1.29, 1.82) is 0 Å². The normalized spacial score (nSPS) is 12.0. The molecule has 0 amide bonds. The minimum atomic E-state index is -0.554. The van der Waals surface area contributed by atoms with E-state index in [2.05, 4.69) is 6.92 Å². The molecule has 0 spiro atoms. The Kier molecular flexibility index (Phi) is 12.8. The Morgan fingerprint density at radius 3 is 1.74 bits per heavy atom. The third-order valence-electron chi connectivity index (χ3n) is 3.47. The van der Waals surface area contributed by atoms with Crippen LogP contribution in [-0.2, 0) is 9.47 Å². The van der Waals surface area contributed by atoms with Crippen molar-refractivity contribution in [2.75, 3.05) is 19.8 Å². The van der Waals surface area contributed by atoms with Gasteiger partial charge in [-0.1, -0.05) is 45.4 Å². The molecule has 3 nitrogen and oxygen atoms in total. The van der Waals surface area contributed by atoms with Crippen LogP contribution in [0.4, 0.5) is 0 Å². The standard InChI is InChI=1S/C16H34O3/c1-4-7-8-9-10-11-12-13-16(14-15-17,18-5-2)19-6-3/h17H,4-15H2,1-3H3. The van der Waals surface area contributed by atoms with Crippen molar-refractivity contribution in [3.63, 3.8) is 0 Å². The first-order chi connectivity index (χ1) is 9.24. The number of unbranched alkanes of at least 4 members (excludes halogenated alkanes) is 6. The van der Waals surface area contributed by atoms with Crippen molar-refractivity contribution in [1.82, 2.24) is 0 Å². The first kappa shape index (κ1) is 18.9. The first-order valence-corrected chi connectivity index (χ1v) is 8.13. The van der Waals surface area contributed by atoms with Crippen LogP contribution in [0, 0.1) is 0 Å². The zero-order valence-electron chi connectivity index (χ0n) is 13.2. The van der Waals surface area contributed by atoms with Gasteiger partial charge in [0.2, 0.25) is 0 Å². The van der Waals surface area contributed by atoms with Crippen LogP contribution in [0.3, 0.4) is 0 Å². The summed E-state index contributed by atoms with van der Waals surface area (Å²) in [7, 11) is 0. The number of rotatable bonds is 14. The van der Waals surface area contributed by atoms with E-state index in [0.29, 0.717) is 19.6 Å². The number of hydrogen-bond donors (Lipinski definition) is 1. The highest BCUT2D eigenvalue weighted by Gasteiger charge is 2.29. The molecule has 0 fully saturated rings. The lowest BCUT2D eigenvalue weighted by molar-refractivity contribution is -0.244. The second-order valence-electron chi connectivity index (χ2n) is 5.12. The van der Waals surface area contributed by atoms with Crippen LogP contribution >= 0.6 is 0 Å². The van der Waals surface area contributed by atoms with Crippen LogP contribution in [0.1, 0.15) is 78.6 Å². The van der Waals surface area contributed by atoms with Crippen molar-refractivity contribution in [2.24, 2.45) is 0 Å². The van der Waals surface area contributed by atoms with Gasteiger partial charge in [-0.2, -0.15) is 0 Å². The van der Waals surface area contributed by atoms with Gasteiger partial charge in [0.1, 0.15) is 0 Å². The summed E-state index contributed by atoms with van der Waals surface area (Å²) < 4.78 is 11.5. The second-order valence-corrected chi connectivity index (χ2v) is 5.12. The van der Waals surface area contributed by atoms with E-state index in [1.807, 2.05) is 13.8 Å². The summed E-state index contributed by atoms with van der Waals surface area (Å²) in [5.74, 6) is -0.554. The molecule has 0 unspecified atom stereocenters. The molecule has 116 valence electrons. The highest BCUT2D eigenvalue weighted by atomic mass is 16.7. The molecule has 0 aliphatic carbocycles. The maximum atomic E-state index is 9.19. The Morgan fingerprint density at radius 1 is 0.737 bits per heavy atom. The SMILES string of the molecule is CCCCCCCCCC(CCO)(OCC)OCC. The van der Waals surface area contributed by atoms with Crippen molar-refractivity contribution in [2.45, 2.75) is 84.3 Å². The van der Waals surface area contributed by atoms with Gasteiger partial charge in [0.15, 0.2) is 5.79 Å². The van der Waals surface area contributed by atoms with Crippen molar-refractivity contribution < 1.29 is 14.6 Å². The zero-order valence-corrected chi connectivity index (χ0v) is 13.2. The largest absolute Gasteiger partial charge is 0.396 e. The number of ether oxygens (including phenoxy) is 2. The second kappa shape index (κ2) is 12.9. The minimum absolute atomic E-state index is 0.122. The third kappa shape index (κ3) is 9.42. The Bertz CT molecular complexity index is 166. The van der Waals surface area contributed by atoms with Gasteiger partial charge < -0.3 is 14.6 Å². The summed E-state index contributed by atoms with van der Waals surface area (Å²) in [4.78, 5) is 0. The van der Waals surface area contributed by atoms with Gasteiger partial charge in [-0.3, -0.25) is 0 Å². The van der Waals surface area contributed by atoms with Crippen LogP contribution in [-0.4, -0.2) is 30.7 Å². The maximum absolute atomic E-state index is 9.19. The van der Waals surface area contributed by atoms with E-state index in [1.54, 1.807) is 0 Å². The quantitative estimate of drug-likeness (QED) is 0.379. The summed E-state index contributed by atoms with van der Waals surface area (Å²) in [5, 5.41) is 9.19. The molecule has 0 heterocycles. The molecule has 1 N–H and O–H groups in total. The summed E-state index contributed by atoms with van der Waals surface area (Å²) in [6.07, 6.45) is 10.5. The van der Waals surface area contributed by atoms with Crippen molar-refractivity contribution in [3.8, 4) is 0 Å². The summed E-state index contributed by atoms with van der Waals surface area (Å²) in [6, 6.07) is 0. The molecular weight excluding hydrogens is 240 g/mol. The summed E-state index contributed by atoms with van der Waals surface area (Å²) >= 11 is 0. The molecule has 0 aromatic carbocycles. The van der Waals surface area contributed by atoms with E-state index >= 15 is 0 Å². The molecule has 0 aromatic heterocycles. The minimum Gasteiger partial charge on any atom is -0.396 e. The molecule has 0 aliphatic rings. The lowest BCUT2D eigenvalue weighted by Gasteiger charge is -2.33. The highest BCUT2D eigenvalue weighted by Crippen LogP contribution is 2.26. The first-order valence-electron chi connectivity index (χ1n) is 8.13. The zero-order chi connectivity index (χ0) is 14.4. The van der Waals surface area contributed by atoms with Crippen LogP contribution < -0.4 is 0 Å². The van der Waals surface area contributed by atoms with Gasteiger partial charge in [-0.15, -0.1) is 0 Å². The molecule has 0 aromatic rings. The molecule has 0 bridgehead atoms. The number of aliphatic hydroxyl groups is 1. The van der Waals surface area contributed by atoms with Crippen LogP contribution in [0.15, 0.2) is 0 Å². The van der Waals surface area contributed by atoms with E-state index < -0.39 is 5.79 Å². The molecule has 0 saturated carbocycles. The molecule has 0 saturated heterocycles. The van der Waals surface area contributed by atoms with Gasteiger partial charge in [0, 0.05) is 32.7 Å². The molecular formula is C16H34O3. The lowest BCUT2D eigenvalue weighted by Crippen LogP contribution is -2.37. The Hall–Kier alpha value is -0.120. The van der Waals surface area contributed by atoms with Crippen molar-refractivity contribution >= 4 is 0 Å². The average Bonchev–Trinajstić information content (AvgIpc) is 2.39. The Morgan fingerprint density at radius 2 is 1.26 bits per heavy atom. The Balaban J connectivity index is 3.89. The smallest absolute Gasteiger partial charge is 0.170 e. The van der Waals surface area contributed by atoms with Gasteiger partial charge in [0.25, 0.3) is 0 Å². The summed E-state index contributed by atoms with van der Waals surface area (Å²) in [6.45, 7) is 7.60. The van der Waals surface area contributed by atoms with E-state index in [4.69, 9.17) is 9.47 Å². The summed E-state index contributed by atoms with van der Waals surface area (Å²) in [5.41, 5.74) is 0. The van der Waals surface area contributed by atoms with Gasteiger partial charge in [-0.05, 0) is 20.3 Å². The van der Waals surface area contributed by atoms with Crippen molar-refractivity contribution in [3.05, 3.63) is 0 Å². The van der Waals surface area contributed by atoms with Crippen LogP contribution in [0.2, 0.25) is 0 Å². The topological polar surface area (TPSA) is 38.7 Å². The molecule has 0 radical (unpaired) electrons. The van der Waals surface area contributed by atoms with E-state index in [0.717, 1.165) is 12.8 Å². The van der Waals surface area contributed by atoms with Gasteiger partial charge in [0.05, 0.1) is 0 Å². The van der Waals surface area contributed by atoms with E-state index in [-0.39, 0.29) is 6.61 Å². The molecule has 0 rings (SSSR count). The van der Waals surface area contributed by atoms with Crippen LogP contribution in [0.25, 0.3) is 0 Å². The Labute approximate surface area is 119 Å². The fraction of sp³-hybridized carbons (Fsp3) is 1.00. The maximum Gasteiger partial charge on any atom is 0.170 e. The van der Waals surface area contributed by atoms with E-state index in [1.165, 1.54) is 38.5 Å². The van der Waals surface area contributed by atoms with Gasteiger partial charge in [-0.25, -0.2) is 0 Å². The number of hydrogen-bond acceptors (Lipinski definition) is 3. The fourth-order valence-corrected chi connectivity index (χ4v) is 2.50. The molecule has 0 atom stereocenters. The lowest BCUT2D eigenvalue weighted by atomic mass is 10.0. The molecule has 0 aliphatic heterocycles. The number of aliphatic hydroxyl groups excluding tert-OH is 1. The monoisotopic (exact) mass is 274 g/mol. The molecule has 3 heteroatoms. The fourth-order valence-electron chi connectivity index (χ4n) is 2.50. The predicted molar refractivity (Wildman–Crippen MR) is 80.3 cm³/mol. The van der Waals surface area contributed by atoms with Crippen LogP contribution in [0.5, 0.6) is 0 Å². The third-order valence-corrected chi connectivity index (χ3v) is 3.47. The van der Waals surface area contributed by atoms with E-state index in [9.17, 15) is 5.11 Å². The molecule has 19 heavy (non-hydrogen) atoms. The van der Waals surface area contributed by atoms with Gasteiger partial charge >= 0.3 is 0 Å².